The molecule has 8 N–H and O–H groups in total. The van der Waals surface area contributed by atoms with Crippen LogP contribution in [0.1, 0.15) is 12.8 Å². The summed E-state index contributed by atoms with van der Waals surface area (Å²) in [4.78, 5) is 21.2. The fourth-order valence-electron chi connectivity index (χ4n) is 1.22. The number of ether oxygens (including phenoxy) is 2. The highest BCUT2D eigenvalue weighted by Gasteiger charge is 2.03. The topological polar surface area (TPSA) is 163 Å². The van der Waals surface area contributed by atoms with Crippen LogP contribution in [0, 0.1) is 0 Å². The van der Waals surface area contributed by atoms with Crippen molar-refractivity contribution in [3.8, 4) is 0 Å². The molecule has 0 aliphatic heterocycles. The van der Waals surface area contributed by atoms with E-state index in [2.05, 4.69) is 0 Å². The van der Waals surface area contributed by atoms with E-state index in [4.69, 9.17) is 32.6 Å². The molecule has 0 aromatic rings. The third-order valence-electron chi connectivity index (χ3n) is 2.31. The summed E-state index contributed by atoms with van der Waals surface area (Å²) in [6, 6.07) is -1.34. The zero-order valence-corrected chi connectivity index (χ0v) is 11.5. The monoisotopic (exact) mass is 292 g/mol. The Labute approximate surface area is 117 Å². The molecule has 0 aromatic heterocycles. The molecule has 4 amide bonds. The number of nitrogens with two attached hydrogens (primary N) is 4. The van der Waals surface area contributed by atoms with Gasteiger partial charge in [-0.3, -0.25) is 10.0 Å². The number of amides is 4. The van der Waals surface area contributed by atoms with Gasteiger partial charge in [0.05, 0.1) is 13.2 Å². The Kier molecular flexibility index (Phi) is 10.3. The normalized spacial score (nSPS) is 10.3. The molecule has 20 heavy (non-hydrogen) atoms. The van der Waals surface area contributed by atoms with E-state index in [1.165, 1.54) is 0 Å². The van der Waals surface area contributed by atoms with Gasteiger partial charge in [-0.05, 0) is 12.8 Å². The van der Waals surface area contributed by atoms with Gasteiger partial charge in [-0.15, -0.1) is 0 Å². The average molecular weight is 292 g/mol. The van der Waals surface area contributed by atoms with Crippen LogP contribution in [0.5, 0.6) is 0 Å². The molecule has 0 saturated heterocycles. The standard InChI is InChI=1S/C10H24N6O4/c11-9(17)15(13)3-1-5-19-7-8-20-6-2-4-16(14)10(12)18/h1-8,13-14H2,(H2,11,17)(H2,12,18). The Balaban J connectivity index is 3.21. The van der Waals surface area contributed by atoms with Crippen molar-refractivity contribution in [2.45, 2.75) is 12.8 Å². The minimum Gasteiger partial charge on any atom is -0.379 e. The Hall–Kier alpha value is -1.62. The molecule has 0 aliphatic rings. The highest BCUT2D eigenvalue weighted by Crippen LogP contribution is 1.89. The van der Waals surface area contributed by atoms with Gasteiger partial charge < -0.3 is 20.9 Å². The molecule has 0 rings (SSSR count). The first-order valence-corrected chi connectivity index (χ1v) is 6.24. The minimum atomic E-state index is -0.668. The van der Waals surface area contributed by atoms with Crippen LogP contribution in [0.15, 0.2) is 0 Å². The van der Waals surface area contributed by atoms with Crippen molar-refractivity contribution in [3.63, 3.8) is 0 Å². The van der Waals surface area contributed by atoms with Gasteiger partial charge in [-0.2, -0.15) is 0 Å². The highest BCUT2D eigenvalue weighted by molar-refractivity contribution is 5.71. The molecule has 0 atom stereocenters. The number of primary amides is 2. The number of rotatable bonds is 11. The lowest BCUT2D eigenvalue weighted by Crippen LogP contribution is -2.42. The van der Waals surface area contributed by atoms with Crippen molar-refractivity contribution in [1.82, 2.24) is 10.0 Å². The number of urea groups is 2. The first-order chi connectivity index (χ1) is 9.45. The number of hydrogen-bond donors (Lipinski definition) is 4. The summed E-state index contributed by atoms with van der Waals surface area (Å²) in [6.45, 7) is 2.48. The van der Waals surface area contributed by atoms with Gasteiger partial charge in [-0.1, -0.05) is 0 Å². The lowest BCUT2D eigenvalue weighted by molar-refractivity contribution is 0.0426. The van der Waals surface area contributed by atoms with Crippen molar-refractivity contribution in [3.05, 3.63) is 0 Å². The summed E-state index contributed by atoms with van der Waals surface area (Å²) in [5, 5.41) is 1.86. The molecule has 118 valence electrons. The van der Waals surface area contributed by atoms with Crippen LogP contribution < -0.4 is 23.2 Å². The average Bonchev–Trinajstić information content (AvgIpc) is 2.39. The van der Waals surface area contributed by atoms with Crippen molar-refractivity contribution in [2.75, 3.05) is 39.5 Å². The van der Waals surface area contributed by atoms with Gasteiger partial charge >= 0.3 is 12.1 Å². The molecule has 0 unspecified atom stereocenters. The molecular weight excluding hydrogens is 268 g/mol. The maximum absolute atomic E-state index is 10.6. The Morgan fingerprint density at radius 3 is 1.40 bits per heavy atom. The SMILES string of the molecule is NC(=O)N(N)CCCOCCOCCCN(N)C(N)=O. The fourth-order valence-corrected chi connectivity index (χ4v) is 1.22. The summed E-state index contributed by atoms with van der Waals surface area (Å²) in [5.41, 5.74) is 9.89. The Morgan fingerprint density at radius 1 is 0.750 bits per heavy atom. The molecule has 0 aromatic carbocycles. The summed E-state index contributed by atoms with van der Waals surface area (Å²) in [7, 11) is 0. The van der Waals surface area contributed by atoms with E-state index >= 15 is 0 Å². The zero-order chi connectivity index (χ0) is 15.4. The molecule has 10 nitrogen and oxygen atoms in total. The van der Waals surface area contributed by atoms with Crippen LogP contribution in [-0.2, 0) is 9.47 Å². The van der Waals surface area contributed by atoms with E-state index in [0.717, 1.165) is 10.0 Å². The molecule has 10 heteroatoms. The van der Waals surface area contributed by atoms with E-state index in [0.29, 0.717) is 52.4 Å². The molecule has 0 bridgehead atoms. The number of hydrogen-bond acceptors (Lipinski definition) is 6. The van der Waals surface area contributed by atoms with Crippen molar-refractivity contribution in [1.29, 1.82) is 0 Å². The fraction of sp³-hybridized carbons (Fsp3) is 0.800. The number of hydrazine groups is 2. The molecular formula is C10H24N6O4. The van der Waals surface area contributed by atoms with Crippen LogP contribution in [0.2, 0.25) is 0 Å². The van der Waals surface area contributed by atoms with Gasteiger partial charge in [0.25, 0.3) is 0 Å². The summed E-state index contributed by atoms with van der Waals surface area (Å²) in [6.07, 6.45) is 1.19. The van der Waals surface area contributed by atoms with E-state index < -0.39 is 12.1 Å². The maximum Gasteiger partial charge on any atom is 0.328 e. The lowest BCUT2D eigenvalue weighted by atomic mass is 10.4. The van der Waals surface area contributed by atoms with E-state index in [1.54, 1.807) is 0 Å². The molecule has 0 aliphatic carbocycles. The third kappa shape index (κ3) is 10.3. The second-order valence-electron chi connectivity index (χ2n) is 4.00. The first kappa shape index (κ1) is 18.4. The second kappa shape index (κ2) is 11.2. The van der Waals surface area contributed by atoms with Gasteiger partial charge in [0.1, 0.15) is 0 Å². The Bertz CT molecular complexity index is 263. The molecule has 0 heterocycles. The summed E-state index contributed by atoms with van der Waals surface area (Å²) in [5.74, 6) is 10.6. The van der Waals surface area contributed by atoms with Crippen LogP contribution in [-0.4, -0.2) is 61.6 Å². The lowest BCUT2D eigenvalue weighted by Gasteiger charge is -2.14. The maximum atomic E-state index is 10.6. The minimum absolute atomic E-state index is 0.343. The summed E-state index contributed by atoms with van der Waals surface area (Å²) < 4.78 is 10.5. The van der Waals surface area contributed by atoms with E-state index in [-0.39, 0.29) is 0 Å². The number of carbonyl (C=O) groups excluding carboxylic acids is 2. The van der Waals surface area contributed by atoms with E-state index in [9.17, 15) is 9.59 Å². The quantitative estimate of drug-likeness (QED) is 0.153. The smallest absolute Gasteiger partial charge is 0.328 e. The van der Waals surface area contributed by atoms with Crippen LogP contribution in [0.25, 0.3) is 0 Å². The largest absolute Gasteiger partial charge is 0.379 e. The van der Waals surface area contributed by atoms with Gasteiger partial charge in [0.2, 0.25) is 0 Å². The molecule has 0 saturated carbocycles. The van der Waals surface area contributed by atoms with Crippen LogP contribution in [0.4, 0.5) is 9.59 Å². The third-order valence-corrected chi connectivity index (χ3v) is 2.31. The van der Waals surface area contributed by atoms with Crippen LogP contribution in [0.3, 0.4) is 0 Å². The number of nitrogens with zero attached hydrogens (tertiary/aromatic N) is 2. The predicted octanol–water partition coefficient (Wildman–Crippen LogP) is -1.69. The molecule has 0 spiro atoms. The van der Waals surface area contributed by atoms with Crippen molar-refractivity contribution >= 4 is 12.1 Å². The molecule has 0 radical (unpaired) electrons. The highest BCUT2D eigenvalue weighted by atomic mass is 16.5. The second-order valence-corrected chi connectivity index (χ2v) is 4.00. The van der Waals surface area contributed by atoms with Gasteiger partial charge in [0, 0.05) is 26.3 Å². The Morgan fingerprint density at radius 2 is 1.10 bits per heavy atom. The molecule has 0 fully saturated rings. The predicted molar refractivity (Wildman–Crippen MR) is 71.8 cm³/mol. The van der Waals surface area contributed by atoms with E-state index in [1.807, 2.05) is 0 Å². The summed E-state index contributed by atoms with van der Waals surface area (Å²) >= 11 is 0. The van der Waals surface area contributed by atoms with Crippen molar-refractivity contribution in [2.24, 2.45) is 23.2 Å². The first-order valence-electron chi connectivity index (χ1n) is 6.24. The van der Waals surface area contributed by atoms with Crippen LogP contribution >= 0.6 is 0 Å². The zero-order valence-electron chi connectivity index (χ0n) is 11.5. The number of carbonyl (C=O) groups is 2. The van der Waals surface area contributed by atoms with Gasteiger partial charge in [-0.25, -0.2) is 21.3 Å². The van der Waals surface area contributed by atoms with Gasteiger partial charge in [0.15, 0.2) is 0 Å². The van der Waals surface area contributed by atoms with Crippen molar-refractivity contribution < 1.29 is 19.1 Å².